The van der Waals surface area contributed by atoms with Gasteiger partial charge in [0.1, 0.15) is 0 Å². The van der Waals surface area contributed by atoms with E-state index < -0.39 is 0 Å². The molecule has 0 radical (unpaired) electrons. The molecule has 2 unspecified atom stereocenters. The Kier molecular flexibility index (Phi) is 5.40. The van der Waals surface area contributed by atoms with Gasteiger partial charge in [-0.15, -0.1) is 0 Å². The van der Waals surface area contributed by atoms with Crippen LogP contribution in [0.1, 0.15) is 52.5 Å². The van der Waals surface area contributed by atoms with Gasteiger partial charge in [-0.1, -0.05) is 24.3 Å². The molecule has 0 saturated heterocycles. The van der Waals surface area contributed by atoms with Gasteiger partial charge in [0.25, 0.3) is 0 Å². The zero-order valence-corrected chi connectivity index (χ0v) is 20.9. The largest absolute Gasteiger partial charge is 0.493 e. The number of Topliss-reactive ketones (excluding diaryl/α,β-unsaturated/α-hetero) is 1. The first kappa shape index (κ1) is 22.5. The van der Waals surface area contributed by atoms with Gasteiger partial charge >= 0.3 is 0 Å². The summed E-state index contributed by atoms with van der Waals surface area (Å²) in [5.74, 6) is 2.84. The van der Waals surface area contributed by atoms with Crippen molar-refractivity contribution in [1.82, 2.24) is 0 Å². The minimum Gasteiger partial charge on any atom is -0.493 e. The van der Waals surface area contributed by atoms with Crippen molar-refractivity contribution in [2.45, 2.75) is 38.5 Å². The fraction of sp³-hybridized carbons (Fsp3) is 0.300. The second kappa shape index (κ2) is 8.63. The quantitative estimate of drug-likeness (QED) is 0.490. The molecule has 6 rings (SSSR count). The first-order valence-electron chi connectivity index (χ1n) is 12.2. The summed E-state index contributed by atoms with van der Waals surface area (Å²) in [6, 6.07) is 16.4. The second-order valence-corrected chi connectivity index (χ2v) is 9.73. The second-order valence-electron chi connectivity index (χ2n) is 9.73. The SMILES string of the molecule is COc1ccc(C2CC(=O)C3=C(C2)Nc2cc4c(cc2C3c2ccc(C)c(C)c2)OCO4)cc1OC. The van der Waals surface area contributed by atoms with Gasteiger partial charge in [0.15, 0.2) is 28.8 Å². The molecular weight excluding hydrogens is 454 g/mol. The van der Waals surface area contributed by atoms with Crippen LogP contribution >= 0.6 is 0 Å². The number of allylic oxidation sites excluding steroid dienone is 2. The Morgan fingerprint density at radius 1 is 0.833 bits per heavy atom. The van der Waals surface area contributed by atoms with Crippen molar-refractivity contribution in [2.75, 3.05) is 26.3 Å². The molecule has 2 aliphatic heterocycles. The number of methoxy groups -OCH3 is 2. The molecule has 2 atom stereocenters. The lowest BCUT2D eigenvalue weighted by molar-refractivity contribution is -0.116. The number of ketones is 1. The maximum atomic E-state index is 13.9. The van der Waals surface area contributed by atoms with E-state index in [4.69, 9.17) is 18.9 Å². The van der Waals surface area contributed by atoms with E-state index in [1.807, 2.05) is 30.3 Å². The molecule has 3 aromatic carbocycles. The Labute approximate surface area is 210 Å². The van der Waals surface area contributed by atoms with Crippen molar-refractivity contribution in [1.29, 1.82) is 0 Å². The van der Waals surface area contributed by atoms with E-state index in [-0.39, 0.29) is 24.4 Å². The van der Waals surface area contributed by atoms with Crippen LogP contribution in [-0.4, -0.2) is 26.8 Å². The summed E-state index contributed by atoms with van der Waals surface area (Å²) >= 11 is 0. The molecule has 1 N–H and O–H groups in total. The molecule has 1 aliphatic carbocycles. The third-order valence-electron chi connectivity index (χ3n) is 7.68. The van der Waals surface area contributed by atoms with Crippen molar-refractivity contribution in [3.05, 3.63) is 87.6 Å². The average Bonchev–Trinajstić information content (AvgIpc) is 3.34. The molecule has 6 heteroatoms. The molecular formula is C30H29NO5. The third kappa shape index (κ3) is 3.60. The average molecular weight is 484 g/mol. The molecule has 6 nitrogen and oxygen atoms in total. The summed E-state index contributed by atoms with van der Waals surface area (Å²) in [5.41, 5.74) is 8.44. The van der Waals surface area contributed by atoms with Crippen molar-refractivity contribution < 1.29 is 23.7 Å². The predicted molar refractivity (Wildman–Crippen MR) is 138 cm³/mol. The Bertz CT molecular complexity index is 1420. The fourth-order valence-electron chi connectivity index (χ4n) is 5.64. The minimum atomic E-state index is -0.163. The summed E-state index contributed by atoms with van der Waals surface area (Å²) < 4.78 is 22.3. The highest BCUT2D eigenvalue weighted by Crippen LogP contribution is 2.51. The van der Waals surface area contributed by atoms with Gasteiger partial charge in [0.05, 0.1) is 14.2 Å². The van der Waals surface area contributed by atoms with Crippen LogP contribution in [0.2, 0.25) is 0 Å². The maximum Gasteiger partial charge on any atom is 0.231 e. The lowest BCUT2D eigenvalue weighted by Crippen LogP contribution is -2.29. The van der Waals surface area contributed by atoms with Crippen molar-refractivity contribution >= 4 is 11.5 Å². The number of hydrogen-bond donors (Lipinski definition) is 1. The van der Waals surface area contributed by atoms with Crippen LogP contribution in [0.15, 0.2) is 59.8 Å². The molecule has 0 aromatic heterocycles. The van der Waals surface area contributed by atoms with Gasteiger partial charge in [0, 0.05) is 35.4 Å². The van der Waals surface area contributed by atoms with Crippen molar-refractivity contribution in [3.8, 4) is 23.0 Å². The van der Waals surface area contributed by atoms with Gasteiger partial charge in [-0.3, -0.25) is 4.79 Å². The number of benzene rings is 3. The number of anilines is 1. The van der Waals surface area contributed by atoms with Gasteiger partial charge in [-0.25, -0.2) is 0 Å². The standard InChI is InChI=1S/C30H29NO5/c1-16-5-6-19(9-17(16)2)29-21-13-27-28(36-15-35-27)14-22(21)31-23-10-20(11-24(32)30(23)29)18-7-8-25(33-3)26(12-18)34-4/h5-9,12-14,20,29,31H,10-11,15H2,1-4H3. The molecule has 3 aromatic rings. The topological polar surface area (TPSA) is 66.0 Å². The molecule has 0 spiro atoms. The van der Waals surface area contributed by atoms with E-state index in [9.17, 15) is 4.79 Å². The van der Waals surface area contributed by atoms with Crippen LogP contribution in [0.3, 0.4) is 0 Å². The van der Waals surface area contributed by atoms with Crippen LogP contribution in [0.5, 0.6) is 23.0 Å². The van der Waals surface area contributed by atoms with Gasteiger partial charge in [-0.2, -0.15) is 0 Å². The lowest BCUT2D eigenvalue weighted by Gasteiger charge is -2.37. The van der Waals surface area contributed by atoms with E-state index in [0.29, 0.717) is 17.9 Å². The monoisotopic (exact) mass is 483 g/mol. The number of hydrogen-bond acceptors (Lipinski definition) is 6. The zero-order valence-electron chi connectivity index (χ0n) is 20.9. The third-order valence-corrected chi connectivity index (χ3v) is 7.68. The van der Waals surface area contributed by atoms with Gasteiger partial charge in [-0.05, 0) is 72.2 Å². The molecule has 184 valence electrons. The number of carbonyl (C=O) groups excluding carboxylic acids is 1. The van der Waals surface area contributed by atoms with Crippen molar-refractivity contribution in [2.24, 2.45) is 0 Å². The smallest absolute Gasteiger partial charge is 0.231 e. The van der Waals surface area contributed by atoms with Gasteiger partial charge in [0.2, 0.25) is 6.79 Å². The normalized spacial score (nSPS) is 19.9. The molecule has 0 fully saturated rings. The summed E-state index contributed by atoms with van der Waals surface area (Å²) in [5, 5.41) is 3.60. The first-order chi connectivity index (χ1) is 17.5. The molecule has 0 saturated carbocycles. The number of aryl methyl sites for hydroxylation is 2. The number of ether oxygens (including phenoxy) is 4. The number of nitrogens with one attached hydrogen (secondary N) is 1. The van der Waals surface area contributed by atoms with E-state index in [2.05, 4.69) is 37.4 Å². The van der Waals surface area contributed by atoms with Crippen molar-refractivity contribution in [3.63, 3.8) is 0 Å². The Hall–Kier alpha value is -3.93. The van der Waals surface area contributed by atoms with E-state index >= 15 is 0 Å². The van der Waals surface area contributed by atoms with Crippen LogP contribution in [0.25, 0.3) is 0 Å². The number of fused-ring (bicyclic) bond motifs is 2. The molecule has 3 aliphatic rings. The first-order valence-corrected chi connectivity index (χ1v) is 12.2. The molecule has 0 bridgehead atoms. The highest BCUT2D eigenvalue weighted by Gasteiger charge is 2.39. The fourth-order valence-corrected chi connectivity index (χ4v) is 5.64. The molecule has 36 heavy (non-hydrogen) atoms. The van der Waals surface area contributed by atoms with Crippen LogP contribution < -0.4 is 24.3 Å². The highest BCUT2D eigenvalue weighted by atomic mass is 16.7. The summed E-state index contributed by atoms with van der Waals surface area (Å²) in [6.45, 7) is 4.43. The number of carbonyl (C=O) groups is 1. The Morgan fingerprint density at radius 2 is 1.58 bits per heavy atom. The summed E-state index contributed by atoms with van der Waals surface area (Å²) in [4.78, 5) is 13.9. The Balaban J connectivity index is 1.46. The molecule has 2 heterocycles. The van der Waals surface area contributed by atoms with E-state index in [1.165, 1.54) is 11.1 Å². The predicted octanol–water partition coefficient (Wildman–Crippen LogP) is 6.01. The van der Waals surface area contributed by atoms with Gasteiger partial charge < -0.3 is 24.3 Å². The van der Waals surface area contributed by atoms with Crippen LogP contribution in [0.4, 0.5) is 5.69 Å². The summed E-state index contributed by atoms with van der Waals surface area (Å²) in [6.07, 6.45) is 1.17. The maximum absolute atomic E-state index is 13.9. The van der Waals surface area contributed by atoms with Crippen LogP contribution in [-0.2, 0) is 4.79 Å². The zero-order chi connectivity index (χ0) is 25.0. The summed E-state index contributed by atoms with van der Waals surface area (Å²) in [7, 11) is 3.26. The highest BCUT2D eigenvalue weighted by molar-refractivity contribution is 6.02. The van der Waals surface area contributed by atoms with Crippen LogP contribution in [0, 0.1) is 13.8 Å². The Morgan fingerprint density at radius 3 is 2.33 bits per heavy atom. The minimum absolute atomic E-state index is 0.0412. The van der Waals surface area contributed by atoms with E-state index in [1.54, 1.807) is 14.2 Å². The van der Waals surface area contributed by atoms with E-state index in [0.717, 1.165) is 51.6 Å². The lowest BCUT2D eigenvalue weighted by atomic mass is 9.71. The molecule has 0 amide bonds. The number of rotatable bonds is 4.